The lowest BCUT2D eigenvalue weighted by Gasteiger charge is -2.22. The topological polar surface area (TPSA) is 56.7 Å². The lowest BCUT2D eigenvalue weighted by atomic mass is 9.60. The predicted octanol–water partition coefficient (Wildman–Crippen LogP) is -0.526. The first-order valence-corrected chi connectivity index (χ1v) is 18.8. The van der Waals surface area contributed by atoms with E-state index in [1.807, 2.05) is 48.5 Å². The average molecular weight is 739 g/mol. The third kappa shape index (κ3) is 5.65. The van der Waals surface area contributed by atoms with Gasteiger partial charge >= 0.3 is 0 Å². The minimum absolute atomic E-state index is 0.00654. The van der Waals surface area contributed by atoms with Gasteiger partial charge in [0.1, 0.15) is 89.6 Å². The van der Waals surface area contributed by atoms with Gasteiger partial charge in [-0.15, -0.1) is 32.8 Å². The van der Waals surface area contributed by atoms with Crippen molar-refractivity contribution in [2.45, 2.75) is 0 Å². The first-order chi connectivity index (χ1) is 28.9. The lowest BCUT2D eigenvalue weighted by Crippen LogP contribution is -2.55. The van der Waals surface area contributed by atoms with Crippen LogP contribution in [-0.4, -0.2) is 98.0 Å². The van der Waals surface area contributed by atoms with Crippen molar-refractivity contribution in [1.29, 1.82) is 0 Å². The van der Waals surface area contributed by atoms with Gasteiger partial charge < -0.3 is 8.98 Å². The number of benzene rings is 7. The molecule has 0 aliphatic carbocycles. The molecule has 0 N–H and O–H groups in total. The molecule has 60 heavy (non-hydrogen) atoms. The van der Waals surface area contributed by atoms with Crippen molar-refractivity contribution < 1.29 is 4.42 Å². The van der Waals surface area contributed by atoms with E-state index < -0.39 is 0 Å². The van der Waals surface area contributed by atoms with Gasteiger partial charge in [0, 0.05) is 38.4 Å². The normalized spacial score (nSPS) is 11.7. The molecule has 0 saturated carbocycles. The first-order valence-electron chi connectivity index (χ1n) is 18.8. The fourth-order valence-corrected chi connectivity index (χ4v) is 8.16. The van der Waals surface area contributed by atoms with Crippen LogP contribution in [0.1, 0.15) is 0 Å². The molecule has 0 atom stereocenters. The van der Waals surface area contributed by atoms with E-state index in [4.69, 9.17) is 97.8 Å². The summed E-state index contributed by atoms with van der Waals surface area (Å²) in [5, 5.41) is 3.97. The van der Waals surface area contributed by atoms with Crippen LogP contribution in [0.15, 0.2) is 114 Å². The van der Waals surface area contributed by atoms with Crippen LogP contribution in [0.4, 0.5) is 0 Å². The van der Waals surface area contributed by atoms with Crippen molar-refractivity contribution >= 4 is 177 Å². The zero-order chi connectivity index (χ0) is 41.7. The summed E-state index contributed by atoms with van der Waals surface area (Å²) >= 11 is 0. The van der Waals surface area contributed by atoms with E-state index in [9.17, 15) is 0 Å². The molecule has 0 amide bonds. The summed E-state index contributed by atoms with van der Waals surface area (Å²) in [6, 6.07) is 37.0. The Morgan fingerprint density at radius 3 is 1.53 bits per heavy atom. The highest BCUT2D eigenvalue weighted by molar-refractivity contribution is 6.70. The van der Waals surface area contributed by atoms with Gasteiger partial charge in [-0.25, -0.2) is 15.0 Å². The van der Waals surface area contributed by atoms with Crippen molar-refractivity contribution in [2.24, 2.45) is 0 Å². The van der Waals surface area contributed by atoms with Gasteiger partial charge in [-0.05, 0) is 53.6 Å². The molecule has 10 rings (SSSR count). The molecule has 0 bridgehead atoms. The van der Waals surface area contributed by atoms with E-state index in [0.717, 1.165) is 49.4 Å². The summed E-state index contributed by atoms with van der Waals surface area (Å²) < 4.78 is 8.98. The molecule has 0 spiro atoms. The zero-order valence-electron chi connectivity index (χ0n) is 31.9. The minimum Gasteiger partial charge on any atom is -0.455 e. The highest BCUT2D eigenvalue weighted by Gasteiger charge is 2.24. The van der Waals surface area contributed by atoms with Gasteiger partial charge in [-0.3, -0.25) is 0 Å². The van der Waals surface area contributed by atoms with Crippen LogP contribution in [0.25, 0.3) is 94.7 Å². The Hall–Kier alpha value is -6.20. The largest absolute Gasteiger partial charge is 0.455 e. The second-order valence-electron chi connectivity index (χ2n) is 14.6. The number of nitrogens with zero attached hydrogens (tertiary/aromatic N) is 4. The van der Waals surface area contributed by atoms with Crippen molar-refractivity contribution in [3.8, 4) is 51.0 Å². The van der Waals surface area contributed by atoms with Crippen LogP contribution in [0.2, 0.25) is 0 Å². The molecule has 0 aliphatic rings. The zero-order valence-corrected chi connectivity index (χ0v) is 31.9. The molecular weight excluding hydrogens is 721 g/mol. The van der Waals surface area contributed by atoms with Gasteiger partial charge in [0.25, 0.3) is 0 Å². The molecular formula is C45H18B10N4O. The molecule has 0 unspecified atom stereocenters. The number of aromatic nitrogens is 4. The monoisotopic (exact) mass is 740 g/mol. The third-order valence-electron chi connectivity index (χ3n) is 11.2. The highest BCUT2D eigenvalue weighted by atomic mass is 16.3. The Labute approximate surface area is 359 Å². The molecule has 7 aromatic carbocycles. The maximum atomic E-state index is 6.70. The summed E-state index contributed by atoms with van der Waals surface area (Å²) in [6.07, 6.45) is 0. The average Bonchev–Trinajstić information content (AvgIpc) is 3.82. The molecule has 20 radical (unpaired) electrons. The number of hydrogen-bond acceptors (Lipinski definition) is 4. The summed E-state index contributed by atoms with van der Waals surface area (Å²) in [6.45, 7) is 0. The second kappa shape index (κ2) is 14.2. The fraction of sp³-hybridized carbons (Fsp3) is 0. The SMILES string of the molecule is [B]c1c([B])c([B])c(-c2nc(-c3c([B])c([B])c([B])c([B])c3[B])nc(-c3cccc4c3oc3cccc(-c5ccc6c(c5)c5ccccc5n6-c5ccccc5)c34)n2)c([B])c1[B]. The summed E-state index contributed by atoms with van der Waals surface area (Å²) in [4.78, 5) is 14.5. The quantitative estimate of drug-likeness (QED) is 0.223. The molecule has 3 heterocycles. The molecule has 3 aromatic heterocycles. The molecule has 5 nitrogen and oxygen atoms in total. The first kappa shape index (κ1) is 38.0. The van der Waals surface area contributed by atoms with E-state index in [1.54, 1.807) is 0 Å². The summed E-state index contributed by atoms with van der Waals surface area (Å²) in [5.74, 6) is 0.137. The molecule has 0 aliphatic heterocycles. The van der Waals surface area contributed by atoms with Crippen LogP contribution in [0, 0.1) is 0 Å². The van der Waals surface area contributed by atoms with E-state index in [1.165, 1.54) is 0 Å². The van der Waals surface area contributed by atoms with Crippen molar-refractivity contribution in [1.82, 2.24) is 19.5 Å². The summed E-state index contributed by atoms with van der Waals surface area (Å²) in [7, 11) is 63.6. The van der Waals surface area contributed by atoms with E-state index in [0.29, 0.717) is 16.7 Å². The van der Waals surface area contributed by atoms with Crippen LogP contribution in [0.3, 0.4) is 0 Å². The van der Waals surface area contributed by atoms with Crippen molar-refractivity contribution in [3.05, 3.63) is 109 Å². The van der Waals surface area contributed by atoms with Gasteiger partial charge in [0.05, 0.1) is 16.6 Å². The number of fused-ring (bicyclic) bond motifs is 6. The number of hydrogen-bond donors (Lipinski definition) is 0. The Balaban J connectivity index is 1.22. The highest BCUT2D eigenvalue weighted by Crippen LogP contribution is 2.42. The van der Waals surface area contributed by atoms with Gasteiger partial charge in [-0.2, -0.15) is 0 Å². The van der Waals surface area contributed by atoms with Crippen molar-refractivity contribution in [3.63, 3.8) is 0 Å². The smallest absolute Gasteiger partial charge is 0.167 e. The van der Waals surface area contributed by atoms with Gasteiger partial charge in [0.15, 0.2) is 17.5 Å². The van der Waals surface area contributed by atoms with Crippen LogP contribution in [-0.2, 0) is 0 Å². The maximum Gasteiger partial charge on any atom is 0.167 e. The van der Waals surface area contributed by atoms with Gasteiger partial charge in [-0.1, -0.05) is 88.6 Å². The molecule has 0 saturated heterocycles. The minimum atomic E-state index is -0.00654. The van der Waals surface area contributed by atoms with Crippen LogP contribution < -0.4 is 54.6 Å². The third-order valence-corrected chi connectivity index (χ3v) is 11.2. The molecule has 0 fully saturated rings. The van der Waals surface area contributed by atoms with E-state index >= 15 is 0 Å². The Morgan fingerprint density at radius 1 is 0.400 bits per heavy atom. The fourth-order valence-electron chi connectivity index (χ4n) is 8.16. The summed E-state index contributed by atoms with van der Waals surface area (Å²) in [5.41, 5.74) is 7.31. The number of para-hydroxylation sites is 3. The van der Waals surface area contributed by atoms with Crippen molar-refractivity contribution in [2.75, 3.05) is 0 Å². The standard InChI is InChI=1S/C45H18B10N4O/c46-32-30(33(47)37(51)40(54)36(32)50)44-56-43(57-45(58-44)31-34(48)38(52)41(55)39(53)35(31)49)24-13-6-12-23-29-21(11-7-15-28(29)60-42(23)24)19-16-17-27-25(18-19)22-10-4-5-14-26(22)59(27)20-8-2-1-3-9-20/h1-18H. The van der Waals surface area contributed by atoms with Gasteiger partial charge in [0.2, 0.25) is 0 Å². The second-order valence-corrected chi connectivity index (χ2v) is 14.6. The number of furan rings is 1. The lowest BCUT2D eigenvalue weighted by molar-refractivity contribution is 0.669. The predicted molar refractivity (Wildman–Crippen MR) is 257 cm³/mol. The Kier molecular flexibility index (Phi) is 9.02. The molecule has 15 heteroatoms. The molecule has 10 aromatic rings. The molecule has 254 valence electrons. The van der Waals surface area contributed by atoms with Crippen LogP contribution in [0.5, 0.6) is 0 Å². The Morgan fingerprint density at radius 2 is 0.900 bits per heavy atom. The number of rotatable bonds is 5. The van der Waals surface area contributed by atoms with E-state index in [2.05, 4.69) is 65.2 Å². The Bertz CT molecular complexity index is 3310. The van der Waals surface area contributed by atoms with Crippen LogP contribution >= 0.6 is 0 Å². The van der Waals surface area contributed by atoms with E-state index in [-0.39, 0.29) is 83.2 Å². The maximum absolute atomic E-state index is 6.70.